The second-order valence-electron chi connectivity index (χ2n) is 5.43. The molecule has 3 N–H and O–H groups in total. The fourth-order valence-corrected chi connectivity index (χ4v) is 2.60. The van der Waals surface area contributed by atoms with Gasteiger partial charge in [0.1, 0.15) is 11.6 Å². The molecule has 0 aromatic heterocycles. The van der Waals surface area contributed by atoms with Gasteiger partial charge in [0, 0.05) is 25.5 Å². The second kappa shape index (κ2) is 8.17. The average molecular weight is 344 g/mol. The number of nitrogens with zero attached hydrogens (tertiary/aromatic N) is 3. The highest BCUT2D eigenvalue weighted by Gasteiger charge is 2.33. The van der Waals surface area contributed by atoms with Crippen LogP contribution in [0.25, 0.3) is 0 Å². The van der Waals surface area contributed by atoms with Crippen LogP contribution < -0.4 is 15.5 Å². The van der Waals surface area contributed by atoms with Crippen molar-refractivity contribution in [2.75, 3.05) is 25.3 Å². The molecule has 1 unspecified atom stereocenters. The van der Waals surface area contributed by atoms with Gasteiger partial charge in [-0.05, 0) is 18.6 Å². The van der Waals surface area contributed by atoms with Gasteiger partial charge in [0.05, 0.1) is 36.8 Å². The van der Waals surface area contributed by atoms with Gasteiger partial charge < -0.3 is 20.3 Å². The van der Waals surface area contributed by atoms with E-state index < -0.39 is 5.97 Å². The van der Waals surface area contributed by atoms with Crippen molar-refractivity contribution in [3.8, 4) is 11.8 Å². The number of benzene rings is 1. The van der Waals surface area contributed by atoms with Crippen LogP contribution >= 0.6 is 0 Å². The van der Waals surface area contributed by atoms with Gasteiger partial charge in [-0.1, -0.05) is 6.07 Å². The number of hydrazone groups is 1. The molecule has 1 aromatic rings. The van der Waals surface area contributed by atoms with Crippen molar-refractivity contribution in [2.24, 2.45) is 16.8 Å². The van der Waals surface area contributed by atoms with Crippen LogP contribution in [0.5, 0.6) is 5.75 Å². The van der Waals surface area contributed by atoms with Crippen molar-refractivity contribution in [3.05, 3.63) is 35.7 Å². The quantitative estimate of drug-likeness (QED) is 0.837. The molecule has 25 heavy (non-hydrogen) atoms. The van der Waals surface area contributed by atoms with E-state index in [0.717, 1.165) is 24.7 Å². The molecular weight excluding hydrogens is 324 g/mol. The first-order valence-corrected chi connectivity index (χ1v) is 7.66. The summed E-state index contributed by atoms with van der Waals surface area (Å²) >= 11 is 0. The van der Waals surface area contributed by atoms with Crippen molar-refractivity contribution >= 4 is 17.4 Å². The zero-order valence-corrected chi connectivity index (χ0v) is 14.1. The molecule has 0 saturated carbocycles. The fourth-order valence-electron chi connectivity index (χ4n) is 2.60. The maximum atomic E-state index is 9.43. The van der Waals surface area contributed by atoms with Crippen LogP contribution in [0.2, 0.25) is 0 Å². The van der Waals surface area contributed by atoms with Gasteiger partial charge in [-0.15, -0.1) is 0 Å². The SMILES string of the molecule is CC(=O)O.COc1cccc(N2N=C3COCCC3C(C#N)=C2N)c1. The second-order valence-corrected chi connectivity index (χ2v) is 5.43. The number of carboxylic acid groups (broad SMARTS) is 1. The van der Waals surface area contributed by atoms with Crippen molar-refractivity contribution in [2.45, 2.75) is 13.3 Å². The number of ether oxygens (including phenoxy) is 2. The highest BCUT2D eigenvalue weighted by molar-refractivity contribution is 5.94. The normalized spacial score (nSPS) is 19.0. The number of hydrogen-bond acceptors (Lipinski definition) is 7. The van der Waals surface area contributed by atoms with E-state index in [4.69, 9.17) is 25.1 Å². The molecule has 3 rings (SSSR count). The first-order chi connectivity index (χ1) is 12.0. The summed E-state index contributed by atoms with van der Waals surface area (Å²) in [6, 6.07) is 9.63. The summed E-state index contributed by atoms with van der Waals surface area (Å²) in [5.41, 5.74) is 8.32. The Morgan fingerprint density at radius 3 is 2.92 bits per heavy atom. The molecule has 1 saturated heterocycles. The van der Waals surface area contributed by atoms with Crippen LogP contribution in [0.4, 0.5) is 5.69 Å². The number of fused-ring (bicyclic) bond motifs is 1. The zero-order chi connectivity index (χ0) is 18.4. The Kier molecular flexibility index (Phi) is 5.98. The van der Waals surface area contributed by atoms with Crippen LogP contribution in [-0.4, -0.2) is 37.1 Å². The van der Waals surface area contributed by atoms with E-state index in [9.17, 15) is 5.26 Å². The first-order valence-electron chi connectivity index (χ1n) is 7.66. The van der Waals surface area contributed by atoms with E-state index >= 15 is 0 Å². The topological polar surface area (TPSA) is 121 Å². The molecule has 8 nitrogen and oxygen atoms in total. The van der Waals surface area contributed by atoms with Crippen molar-refractivity contribution in [3.63, 3.8) is 0 Å². The summed E-state index contributed by atoms with van der Waals surface area (Å²) in [5, 5.41) is 23.0. The Bertz CT molecular complexity index is 747. The molecule has 0 radical (unpaired) electrons. The fraction of sp³-hybridized carbons (Fsp3) is 0.353. The third-order valence-electron chi connectivity index (χ3n) is 3.70. The molecule has 2 aliphatic rings. The van der Waals surface area contributed by atoms with Crippen LogP contribution in [0.3, 0.4) is 0 Å². The minimum Gasteiger partial charge on any atom is -0.497 e. The summed E-state index contributed by atoms with van der Waals surface area (Å²) in [6.07, 6.45) is 0.744. The molecule has 0 spiro atoms. The Hall–Kier alpha value is -3.05. The predicted molar refractivity (Wildman–Crippen MR) is 92.0 cm³/mol. The number of methoxy groups -OCH3 is 1. The number of nitrogens with two attached hydrogens (primary N) is 1. The summed E-state index contributed by atoms with van der Waals surface area (Å²) in [6.45, 7) is 2.14. The molecule has 1 fully saturated rings. The van der Waals surface area contributed by atoms with E-state index in [2.05, 4.69) is 11.2 Å². The first kappa shape index (κ1) is 18.3. The number of allylic oxidation sites excluding steroid dienone is 1. The number of rotatable bonds is 2. The Morgan fingerprint density at radius 2 is 2.28 bits per heavy atom. The molecule has 0 bridgehead atoms. The van der Waals surface area contributed by atoms with Crippen molar-refractivity contribution in [1.29, 1.82) is 5.26 Å². The molecule has 8 heteroatoms. The summed E-state index contributed by atoms with van der Waals surface area (Å²) < 4.78 is 10.7. The minimum absolute atomic E-state index is 0.0226. The predicted octanol–water partition coefficient (Wildman–Crippen LogP) is 1.69. The van der Waals surface area contributed by atoms with E-state index in [1.807, 2.05) is 24.3 Å². The number of nitriles is 1. The third-order valence-corrected chi connectivity index (χ3v) is 3.70. The molecule has 1 aromatic carbocycles. The Balaban J connectivity index is 0.000000511. The van der Waals surface area contributed by atoms with Crippen molar-refractivity contribution < 1.29 is 19.4 Å². The number of hydrogen-bond donors (Lipinski definition) is 2. The van der Waals surface area contributed by atoms with Crippen LogP contribution in [0.15, 0.2) is 40.8 Å². The molecule has 2 heterocycles. The van der Waals surface area contributed by atoms with E-state index in [1.165, 1.54) is 0 Å². The molecule has 1 atom stereocenters. The Morgan fingerprint density at radius 1 is 1.56 bits per heavy atom. The molecule has 0 aliphatic carbocycles. The molecule has 2 aliphatic heterocycles. The van der Waals surface area contributed by atoms with Gasteiger partial charge in [-0.3, -0.25) is 4.79 Å². The number of anilines is 1. The maximum Gasteiger partial charge on any atom is 0.300 e. The zero-order valence-electron chi connectivity index (χ0n) is 14.1. The van der Waals surface area contributed by atoms with Gasteiger partial charge in [-0.2, -0.15) is 10.4 Å². The van der Waals surface area contributed by atoms with Gasteiger partial charge in [0.15, 0.2) is 0 Å². The van der Waals surface area contributed by atoms with Crippen molar-refractivity contribution in [1.82, 2.24) is 0 Å². The summed E-state index contributed by atoms with van der Waals surface area (Å²) in [5.74, 6) is 0.230. The third kappa shape index (κ3) is 4.28. The number of carbonyl (C=O) groups is 1. The summed E-state index contributed by atoms with van der Waals surface area (Å²) in [4.78, 5) is 9.00. The lowest BCUT2D eigenvalue weighted by Crippen LogP contribution is -2.39. The standard InChI is InChI=1S/C15H16N4O2.C2H4O2/c1-20-11-4-2-3-10(7-11)19-15(17)13(8-16)12-5-6-21-9-14(12)18-19;1-2(3)4/h2-4,7,12H,5-6,9,17H2,1H3;1H3,(H,3,4). The monoisotopic (exact) mass is 344 g/mol. The lowest BCUT2D eigenvalue weighted by molar-refractivity contribution is -0.134. The largest absolute Gasteiger partial charge is 0.497 e. The van der Waals surface area contributed by atoms with E-state index in [0.29, 0.717) is 30.4 Å². The smallest absolute Gasteiger partial charge is 0.300 e. The van der Waals surface area contributed by atoms with E-state index in [1.54, 1.807) is 12.1 Å². The molecule has 132 valence electrons. The van der Waals surface area contributed by atoms with Gasteiger partial charge >= 0.3 is 0 Å². The lowest BCUT2D eigenvalue weighted by atomic mass is 9.89. The maximum absolute atomic E-state index is 9.43. The highest BCUT2D eigenvalue weighted by atomic mass is 16.5. The van der Waals surface area contributed by atoms with Crippen LogP contribution in [0.1, 0.15) is 13.3 Å². The van der Waals surface area contributed by atoms with Crippen LogP contribution in [0, 0.1) is 17.2 Å². The number of carboxylic acids is 1. The summed E-state index contributed by atoms with van der Waals surface area (Å²) in [7, 11) is 1.60. The highest BCUT2D eigenvalue weighted by Crippen LogP contribution is 2.32. The molecule has 0 amide bonds. The van der Waals surface area contributed by atoms with Gasteiger partial charge in [0.2, 0.25) is 0 Å². The van der Waals surface area contributed by atoms with Gasteiger partial charge in [-0.25, -0.2) is 5.01 Å². The molecular formula is C17H20N4O4. The average Bonchev–Trinajstić information content (AvgIpc) is 2.61. The minimum atomic E-state index is -0.833. The lowest BCUT2D eigenvalue weighted by Gasteiger charge is -2.33. The van der Waals surface area contributed by atoms with Crippen LogP contribution in [-0.2, 0) is 9.53 Å². The Labute approximate surface area is 145 Å². The van der Waals surface area contributed by atoms with Gasteiger partial charge in [0.25, 0.3) is 5.97 Å². The van der Waals surface area contributed by atoms with E-state index in [-0.39, 0.29) is 5.92 Å². The number of aliphatic carboxylic acids is 1.